The molecule has 0 spiro atoms. The predicted octanol–water partition coefficient (Wildman–Crippen LogP) is 1.04. The minimum Gasteiger partial charge on any atom is -0.481 e. The van der Waals surface area contributed by atoms with Gasteiger partial charge in [0.15, 0.2) is 5.65 Å². The summed E-state index contributed by atoms with van der Waals surface area (Å²) in [6, 6.07) is 3.79. The van der Waals surface area contributed by atoms with Crippen molar-refractivity contribution >= 4 is 23.0 Å². The van der Waals surface area contributed by atoms with E-state index in [-0.39, 0.29) is 6.42 Å². The van der Waals surface area contributed by atoms with Crippen molar-refractivity contribution in [3.63, 3.8) is 0 Å². The summed E-state index contributed by atoms with van der Waals surface area (Å²) < 4.78 is 0. The molecule has 0 aliphatic rings. The van der Waals surface area contributed by atoms with Crippen molar-refractivity contribution < 1.29 is 9.90 Å². The summed E-state index contributed by atoms with van der Waals surface area (Å²) >= 11 is 0. The Morgan fingerprint density at radius 1 is 1.41 bits per heavy atom. The van der Waals surface area contributed by atoms with Crippen LogP contribution in [0.3, 0.4) is 0 Å². The number of aliphatic carboxylic acids is 1. The molecular weight excluding hydrogens is 220 g/mol. The second-order valence-corrected chi connectivity index (χ2v) is 4.01. The van der Waals surface area contributed by atoms with Crippen molar-refractivity contribution in [1.82, 2.24) is 15.0 Å². The zero-order valence-electron chi connectivity index (χ0n) is 9.77. The molecule has 0 saturated heterocycles. The number of carboxylic acid groups (broad SMARTS) is 1. The predicted molar refractivity (Wildman–Crippen MR) is 64.2 cm³/mol. The zero-order valence-corrected chi connectivity index (χ0v) is 9.77. The molecule has 2 aromatic heterocycles. The number of carboxylic acids is 1. The largest absolute Gasteiger partial charge is 0.481 e. The van der Waals surface area contributed by atoms with Crippen LogP contribution in [-0.4, -0.2) is 40.1 Å². The molecule has 0 aromatic carbocycles. The van der Waals surface area contributed by atoms with Crippen molar-refractivity contribution in [3.05, 3.63) is 18.0 Å². The molecule has 0 bridgehead atoms. The van der Waals surface area contributed by atoms with E-state index in [0.717, 1.165) is 11.3 Å². The third-order valence-corrected chi connectivity index (χ3v) is 2.41. The molecule has 0 atom stereocenters. The van der Waals surface area contributed by atoms with Gasteiger partial charge in [-0.25, -0.2) is 9.97 Å². The number of nitrogens with one attached hydrogen (secondary N) is 1. The molecule has 90 valence electrons. The average Bonchev–Trinajstić information content (AvgIpc) is 2.67. The number of H-pyrrole nitrogens is 1. The molecular formula is C11H14N4O2. The van der Waals surface area contributed by atoms with Crippen LogP contribution in [-0.2, 0) is 11.2 Å². The molecule has 17 heavy (non-hydrogen) atoms. The van der Waals surface area contributed by atoms with Gasteiger partial charge in [0, 0.05) is 20.5 Å². The molecule has 0 aliphatic carbocycles. The number of anilines is 1. The second-order valence-electron chi connectivity index (χ2n) is 4.01. The monoisotopic (exact) mass is 234 g/mol. The summed E-state index contributed by atoms with van der Waals surface area (Å²) in [5.41, 5.74) is 1.45. The van der Waals surface area contributed by atoms with E-state index in [1.807, 2.05) is 31.1 Å². The van der Waals surface area contributed by atoms with Gasteiger partial charge < -0.3 is 15.0 Å². The molecule has 0 saturated carbocycles. The van der Waals surface area contributed by atoms with Gasteiger partial charge in [-0.05, 0) is 12.1 Å². The lowest BCUT2D eigenvalue weighted by atomic mass is 10.3. The van der Waals surface area contributed by atoms with Crippen molar-refractivity contribution in [3.8, 4) is 0 Å². The van der Waals surface area contributed by atoms with Crippen LogP contribution in [0.1, 0.15) is 12.2 Å². The van der Waals surface area contributed by atoms with Gasteiger partial charge in [-0.1, -0.05) is 0 Å². The lowest BCUT2D eigenvalue weighted by Gasteiger charge is -2.09. The quantitative estimate of drug-likeness (QED) is 0.826. The highest BCUT2D eigenvalue weighted by Gasteiger charge is 2.07. The number of imidazole rings is 1. The summed E-state index contributed by atoms with van der Waals surface area (Å²) in [5, 5.41) is 8.60. The Labute approximate surface area is 98.3 Å². The number of aromatic amines is 1. The summed E-state index contributed by atoms with van der Waals surface area (Å²) in [5.74, 6) is 0.659. The topological polar surface area (TPSA) is 82.1 Å². The van der Waals surface area contributed by atoms with Gasteiger partial charge in [-0.3, -0.25) is 4.79 Å². The maximum absolute atomic E-state index is 10.5. The van der Waals surface area contributed by atoms with Crippen molar-refractivity contribution in [2.45, 2.75) is 12.8 Å². The Balaban J connectivity index is 2.27. The number of pyridine rings is 1. The number of hydrogen-bond donors (Lipinski definition) is 2. The molecule has 6 heteroatoms. The van der Waals surface area contributed by atoms with Crippen LogP contribution in [0.2, 0.25) is 0 Å². The Bertz CT molecular complexity index is 547. The van der Waals surface area contributed by atoms with Crippen LogP contribution in [0, 0.1) is 0 Å². The maximum Gasteiger partial charge on any atom is 0.303 e. The standard InChI is InChI=1S/C11H14N4O2/c1-15(2)9-5-3-7-11(14-9)13-8(12-7)4-6-10(16)17/h3,5H,4,6H2,1-2H3,(H,16,17)(H,12,13,14). The number of aromatic nitrogens is 3. The van der Waals surface area contributed by atoms with Gasteiger partial charge in [0.2, 0.25) is 0 Å². The number of hydrogen-bond acceptors (Lipinski definition) is 4. The Hall–Kier alpha value is -2.11. The van der Waals surface area contributed by atoms with Crippen LogP contribution in [0.15, 0.2) is 12.1 Å². The molecule has 2 rings (SSSR count). The highest BCUT2D eigenvalue weighted by atomic mass is 16.4. The summed E-state index contributed by atoms with van der Waals surface area (Å²) in [7, 11) is 3.82. The summed E-state index contributed by atoms with van der Waals surface area (Å²) in [4.78, 5) is 24.1. The van der Waals surface area contributed by atoms with Gasteiger partial charge in [0.05, 0.1) is 11.9 Å². The van der Waals surface area contributed by atoms with E-state index in [4.69, 9.17) is 5.11 Å². The minimum atomic E-state index is -0.826. The van der Waals surface area contributed by atoms with Gasteiger partial charge >= 0.3 is 5.97 Å². The fraction of sp³-hybridized carbons (Fsp3) is 0.364. The van der Waals surface area contributed by atoms with E-state index in [1.165, 1.54) is 0 Å². The number of nitrogens with zero attached hydrogens (tertiary/aromatic N) is 3. The maximum atomic E-state index is 10.5. The van der Waals surface area contributed by atoms with Crippen molar-refractivity contribution in [2.75, 3.05) is 19.0 Å². The fourth-order valence-electron chi connectivity index (χ4n) is 1.53. The van der Waals surface area contributed by atoms with Crippen LogP contribution in [0.4, 0.5) is 5.82 Å². The third kappa shape index (κ3) is 2.52. The molecule has 0 unspecified atom stereocenters. The normalized spacial score (nSPS) is 10.7. The lowest BCUT2D eigenvalue weighted by molar-refractivity contribution is -0.137. The van der Waals surface area contributed by atoms with E-state index < -0.39 is 5.97 Å². The first kappa shape index (κ1) is 11.4. The molecule has 2 aromatic rings. The van der Waals surface area contributed by atoms with E-state index in [2.05, 4.69) is 15.0 Å². The van der Waals surface area contributed by atoms with E-state index in [0.29, 0.717) is 17.9 Å². The van der Waals surface area contributed by atoms with Gasteiger partial charge in [0.25, 0.3) is 0 Å². The summed E-state index contributed by atoms with van der Waals surface area (Å²) in [6.45, 7) is 0. The number of fused-ring (bicyclic) bond motifs is 1. The fourth-order valence-corrected chi connectivity index (χ4v) is 1.53. The minimum absolute atomic E-state index is 0.0698. The van der Waals surface area contributed by atoms with Gasteiger partial charge in [0.1, 0.15) is 11.6 Å². The molecule has 0 amide bonds. The first-order valence-electron chi connectivity index (χ1n) is 5.31. The smallest absolute Gasteiger partial charge is 0.303 e. The second kappa shape index (κ2) is 4.40. The Morgan fingerprint density at radius 2 is 2.18 bits per heavy atom. The van der Waals surface area contributed by atoms with Crippen LogP contribution >= 0.6 is 0 Å². The van der Waals surface area contributed by atoms with Crippen LogP contribution < -0.4 is 4.90 Å². The Morgan fingerprint density at radius 3 is 2.82 bits per heavy atom. The van der Waals surface area contributed by atoms with Crippen molar-refractivity contribution in [1.29, 1.82) is 0 Å². The number of aryl methyl sites for hydroxylation is 1. The van der Waals surface area contributed by atoms with Crippen LogP contribution in [0.5, 0.6) is 0 Å². The number of rotatable bonds is 4. The molecule has 6 nitrogen and oxygen atoms in total. The average molecular weight is 234 g/mol. The van der Waals surface area contributed by atoms with Gasteiger partial charge in [-0.2, -0.15) is 0 Å². The molecule has 0 radical (unpaired) electrons. The Kier molecular flexibility index (Phi) is 2.95. The van der Waals surface area contributed by atoms with Crippen LogP contribution in [0.25, 0.3) is 11.2 Å². The molecule has 2 heterocycles. The van der Waals surface area contributed by atoms with Gasteiger partial charge in [-0.15, -0.1) is 0 Å². The SMILES string of the molecule is CN(C)c1ccc2[nH]c(CCC(=O)O)nc2n1. The number of carbonyl (C=O) groups is 1. The highest BCUT2D eigenvalue weighted by Crippen LogP contribution is 2.15. The highest BCUT2D eigenvalue weighted by molar-refractivity contribution is 5.73. The first-order valence-corrected chi connectivity index (χ1v) is 5.31. The zero-order chi connectivity index (χ0) is 12.4. The lowest BCUT2D eigenvalue weighted by Crippen LogP contribution is -2.10. The van der Waals surface area contributed by atoms with E-state index >= 15 is 0 Å². The molecule has 2 N–H and O–H groups in total. The summed E-state index contributed by atoms with van der Waals surface area (Å²) in [6.07, 6.45) is 0.462. The molecule has 0 aliphatic heterocycles. The molecule has 0 fully saturated rings. The third-order valence-electron chi connectivity index (χ3n) is 2.41. The van der Waals surface area contributed by atoms with E-state index in [1.54, 1.807) is 0 Å². The van der Waals surface area contributed by atoms with Crippen molar-refractivity contribution in [2.24, 2.45) is 0 Å². The van der Waals surface area contributed by atoms with E-state index in [9.17, 15) is 4.79 Å². The first-order chi connectivity index (χ1) is 8.06.